The van der Waals surface area contributed by atoms with E-state index in [1.54, 1.807) is 23.2 Å². The van der Waals surface area contributed by atoms with Gasteiger partial charge in [0.15, 0.2) is 0 Å². The first-order valence-corrected chi connectivity index (χ1v) is 17.5. The summed E-state index contributed by atoms with van der Waals surface area (Å²) in [6, 6.07) is 17.3. The van der Waals surface area contributed by atoms with Gasteiger partial charge in [0, 0.05) is 72.7 Å². The summed E-state index contributed by atoms with van der Waals surface area (Å²) in [5.41, 5.74) is 5.60. The Kier molecular flexibility index (Phi) is 9.94. The van der Waals surface area contributed by atoms with Crippen LogP contribution in [0.2, 0.25) is 10.0 Å². The van der Waals surface area contributed by atoms with Crippen LogP contribution in [-0.4, -0.2) is 69.6 Å². The summed E-state index contributed by atoms with van der Waals surface area (Å²) in [6.45, 7) is 2.51. The largest absolute Gasteiger partial charge is 0.481 e. The number of amides is 1. The lowest BCUT2D eigenvalue weighted by molar-refractivity contribution is -0.119. The molecule has 2 fully saturated rings. The minimum atomic E-state index is -0.144. The zero-order valence-corrected chi connectivity index (χ0v) is 29.7. The molecular formula is C37H39Cl2N7O4. The standard InChI is InChI=1S/C37H39Cl2N7O4/c1-44(31-14-15-33(47)42-31)20-22-12-13-29(41-36(22)49-3)28-11-5-10-27(35(28)39)26-9-4-8-25(34(26)38)23-17-30-37(48)45(2)32(43-46(30)21-23)19-40-18-24-7-6-16-50-24/h4-5,8-13,17,21,24,31,40H,6-7,14-16,18-20H2,1-3H3,(H,42,47)/t24-,31-/m0/s1. The quantitative estimate of drug-likeness (QED) is 0.180. The van der Waals surface area contributed by atoms with Crippen LogP contribution in [0, 0.1) is 0 Å². The van der Waals surface area contributed by atoms with E-state index in [0.29, 0.717) is 59.0 Å². The minimum Gasteiger partial charge on any atom is -0.481 e. The lowest BCUT2D eigenvalue weighted by atomic mass is 9.97. The van der Waals surface area contributed by atoms with Crippen LogP contribution in [0.1, 0.15) is 37.1 Å². The van der Waals surface area contributed by atoms with E-state index < -0.39 is 0 Å². The van der Waals surface area contributed by atoms with Crippen molar-refractivity contribution >= 4 is 34.6 Å². The number of benzene rings is 2. The van der Waals surface area contributed by atoms with Crippen LogP contribution in [0.15, 0.2) is 65.6 Å². The molecule has 0 radical (unpaired) electrons. The van der Waals surface area contributed by atoms with Gasteiger partial charge in [-0.25, -0.2) is 9.50 Å². The van der Waals surface area contributed by atoms with Gasteiger partial charge in [0.1, 0.15) is 11.3 Å². The molecular weight excluding hydrogens is 677 g/mol. The van der Waals surface area contributed by atoms with Gasteiger partial charge >= 0.3 is 0 Å². The van der Waals surface area contributed by atoms with Gasteiger partial charge < -0.3 is 20.1 Å². The fourth-order valence-electron chi connectivity index (χ4n) is 6.75. The number of hydrogen-bond donors (Lipinski definition) is 2. The lowest BCUT2D eigenvalue weighted by Gasteiger charge is -2.24. The molecule has 13 heteroatoms. The van der Waals surface area contributed by atoms with Gasteiger partial charge in [-0.2, -0.15) is 5.10 Å². The molecule has 2 aliphatic rings. The van der Waals surface area contributed by atoms with E-state index in [1.807, 2.05) is 67.8 Å². The third-order valence-electron chi connectivity index (χ3n) is 9.54. The summed E-state index contributed by atoms with van der Waals surface area (Å²) in [6.07, 6.45) is 5.41. The fraction of sp³-hybridized carbons (Fsp3) is 0.351. The van der Waals surface area contributed by atoms with Crippen LogP contribution in [0.3, 0.4) is 0 Å². The number of rotatable bonds is 11. The molecule has 11 nitrogen and oxygen atoms in total. The normalized spacial score (nSPS) is 17.6. The summed E-state index contributed by atoms with van der Waals surface area (Å²) < 4.78 is 14.6. The molecule has 0 unspecified atom stereocenters. The molecule has 2 N–H and O–H groups in total. The van der Waals surface area contributed by atoms with Crippen LogP contribution >= 0.6 is 23.2 Å². The van der Waals surface area contributed by atoms with Crippen molar-refractivity contribution in [2.24, 2.45) is 7.05 Å². The summed E-state index contributed by atoms with van der Waals surface area (Å²) in [5.74, 6) is 1.18. The molecule has 7 rings (SSSR count). The van der Waals surface area contributed by atoms with Gasteiger partial charge in [-0.1, -0.05) is 65.7 Å². The third-order valence-corrected chi connectivity index (χ3v) is 10.4. The average molecular weight is 717 g/mol. The van der Waals surface area contributed by atoms with E-state index in [9.17, 15) is 9.59 Å². The zero-order chi connectivity index (χ0) is 34.9. The Morgan fingerprint density at radius 3 is 2.48 bits per heavy atom. The number of carbonyl (C=O) groups excluding carboxylic acids is 1. The molecule has 2 aliphatic heterocycles. The van der Waals surface area contributed by atoms with Gasteiger partial charge in [-0.15, -0.1) is 0 Å². The van der Waals surface area contributed by atoms with Crippen molar-refractivity contribution in [2.45, 2.75) is 51.0 Å². The van der Waals surface area contributed by atoms with E-state index in [0.717, 1.165) is 59.3 Å². The highest BCUT2D eigenvalue weighted by Gasteiger charge is 2.26. The highest BCUT2D eigenvalue weighted by atomic mass is 35.5. The summed E-state index contributed by atoms with van der Waals surface area (Å²) in [4.78, 5) is 32.0. The Labute approximate surface area is 300 Å². The number of aromatic nitrogens is 4. The summed E-state index contributed by atoms with van der Waals surface area (Å²) in [5, 5.41) is 12.1. The van der Waals surface area contributed by atoms with Gasteiger partial charge in [-0.05, 0) is 38.4 Å². The number of carbonyl (C=O) groups is 1. The van der Waals surface area contributed by atoms with E-state index in [2.05, 4.69) is 15.5 Å². The second-order valence-corrected chi connectivity index (χ2v) is 13.6. The predicted octanol–water partition coefficient (Wildman–Crippen LogP) is 5.68. The summed E-state index contributed by atoms with van der Waals surface area (Å²) in [7, 11) is 5.30. The fourth-order valence-corrected chi connectivity index (χ4v) is 7.41. The monoisotopic (exact) mass is 715 g/mol. The van der Waals surface area contributed by atoms with Gasteiger partial charge in [0.05, 0.1) is 41.7 Å². The number of nitrogens with zero attached hydrogens (tertiary/aromatic N) is 5. The van der Waals surface area contributed by atoms with Crippen molar-refractivity contribution in [3.8, 4) is 39.4 Å². The SMILES string of the molecule is COc1nc(-c2cccc(-c3cccc(-c4cc5c(=O)n(C)c(CNC[C@@H]6CCCO6)nn5c4)c3Cl)c2Cl)ccc1CN(C)[C@H]1CCC(=O)N1. The molecule has 2 atom stereocenters. The van der Waals surface area contributed by atoms with E-state index in [-0.39, 0.29) is 23.7 Å². The Bertz CT molecular complexity index is 2130. The van der Waals surface area contributed by atoms with Crippen LogP contribution < -0.4 is 20.9 Å². The van der Waals surface area contributed by atoms with Crippen LogP contribution in [-0.2, 0) is 29.7 Å². The van der Waals surface area contributed by atoms with E-state index >= 15 is 0 Å². The average Bonchev–Trinajstić information content (AvgIpc) is 3.90. The number of halogens is 2. The Hall–Kier alpha value is -4.26. The van der Waals surface area contributed by atoms with Crippen molar-refractivity contribution in [3.05, 3.63) is 92.6 Å². The van der Waals surface area contributed by atoms with E-state index in [4.69, 9.17) is 42.8 Å². The van der Waals surface area contributed by atoms with Crippen LogP contribution in [0.25, 0.3) is 39.0 Å². The molecule has 3 aromatic heterocycles. The zero-order valence-electron chi connectivity index (χ0n) is 28.2. The van der Waals surface area contributed by atoms with Crippen LogP contribution in [0.4, 0.5) is 0 Å². The van der Waals surface area contributed by atoms with Crippen molar-refractivity contribution < 1.29 is 14.3 Å². The first-order valence-electron chi connectivity index (χ1n) is 16.7. The maximum absolute atomic E-state index is 13.4. The second kappa shape index (κ2) is 14.5. The highest BCUT2D eigenvalue weighted by molar-refractivity contribution is 6.39. The number of pyridine rings is 1. The summed E-state index contributed by atoms with van der Waals surface area (Å²) >= 11 is 14.2. The van der Waals surface area contributed by atoms with Crippen molar-refractivity contribution in [1.82, 2.24) is 34.7 Å². The molecule has 2 saturated heterocycles. The topological polar surface area (TPSA) is 115 Å². The first-order chi connectivity index (χ1) is 24.2. The molecule has 1 amide bonds. The van der Waals surface area contributed by atoms with Crippen molar-refractivity contribution in [1.29, 1.82) is 0 Å². The molecule has 260 valence electrons. The molecule has 0 spiro atoms. The first kappa shape index (κ1) is 34.2. The Balaban J connectivity index is 1.16. The predicted molar refractivity (Wildman–Crippen MR) is 194 cm³/mol. The number of hydrogen-bond acceptors (Lipinski definition) is 8. The molecule has 0 saturated carbocycles. The molecule has 5 aromatic rings. The Morgan fingerprint density at radius 1 is 1.04 bits per heavy atom. The maximum atomic E-state index is 13.4. The maximum Gasteiger partial charge on any atom is 0.277 e. The number of ether oxygens (including phenoxy) is 2. The smallest absolute Gasteiger partial charge is 0.277 e. The van der Waals surface area contributed by atoms with Gasteiger partial charge in [0.2, 0.25) is 11.8 Å². The van der Waals surface area contributed by atoms with Gasteiger partial charge in [0.25, 0.3) is 5.56 Å². The molecule has 2 aromatic carbocycles. The molecule has 5 heterocycles. The highest BCUT2D eigenvalue weighted by Crippen LogP contribution is 2.42. The number of fused-ring (bicyclic) bond motifs is 1. The van der Waals surface area contributed by atoms with Crippen molar-refractivity contribution in [2.75, 3.05) is 27.3 Å². The molecule has 0 bridgehead atoms. The van der Waals surface area contributed by atoms with E-state index in [1.165, 1.54) is 0 Å². The number of methoxy groups -OCH3 is 1. The second-order valence-electron chi connectivity index (χ2n) is 12.8. The molecule has 0 aliphatic carbocycles. The van der Waals surface area contributed by atoms with Gasteiger partial charge in [-0.3, -0.25) is 19.1 Å². The Morgan fingerprint density at radius 2 is 1.78 bits per heavy atom. The van der Waals surface area contributed by atoms with Crippen molar-refractivity contribution in [3.63, 3.8) is 0 Å². The van der Waals surface area contributed by atoms with Crippen LogP contribution in [0.5, 0.6) is 5.88 Å². The number of nitrogens with one attached hydrogen (secondary N) is 2. The minimum absolute atomic E-state index is 0.0211. The lowest BCUT2D eigenvalue weighted by Crippen LogP contribution is -2.40. The third kappa shape index (κ3) is 6.76. The molecule has 50 heavy (non-hydrogen) atoms.